The van der Waals surface area contributed by atoms with E-state index in [1.54, 1.807) is 20.8 Å². The van der Waals surface area contributed by atoms with Crippen LogP contribution >= 0.6 is 0 Å². The first-order valence-electron chi connectivity index (χ1n) is 7.80. The van der Waals surface area contributed by atoms with Crippen LogP contribution in [0.1, 0.15) is 32.0 Å². The Balaban J connectivity index is 1.71. The Morgan fingerprint density at radius 1 is 1.28 bits per heavy atom. The molecule has 2 atom stereocenters. The average molecular weight is 357 g/mol. The molecule has 25 heavy (non-hydrogen) atoms. The standard InChI is InChI=1S/C16H18F3N3O3/c1-15(2,3)24-14(23)22-7-10-11(8-22)25-21-13(10)9-4-5-12(20-6-9)16(17,18)19/h4-6,10-11H,7-8H2,1-3H3. The molecular weight excluding hydrogens is 339 g/mol. The van der Waals surface area contributed by atoms with Crippen molar-refractivity contribution in [1.29, 1.82) is 0 Å². The van der Waals surface area contributed by atoms with E-state index in [1.807, 2.05) is 0 Å². The molecule has 0 aliphatic carbocycles. The molecule has 2 aliphatic rings. The van der Waals surface area contributed by atoms with Crippen molar-refractivity contribution in [2.45, 2.75) is 38.7 Å². The molecule has 1 aromatic rings. The fraction of sp³-hybridized carbons (Fsp3) is 0.562. The molecule has 2 unspecified atom stereocenters. The third-order valence-corrected chi connectivity index (χ3v) is 3.91. The van der Waals surface area contributed by atoms with Crippen LogP contribution in [0.5, 0.6) is 0 Å². The molecule has 136 valence electrons. The summed E-state index contributed by atoms with van der Waals surface area (Å²) in [4.78, 5) is 22.5. The van der Waals surface area contributed by atoms with Gasteiger partial charge in [-0.05, 0) is 32.9 Å². The lowest BCUT2D eigenvalue weighted by molar-refractivity contribution is -0.141. The van der Waals surface area contributed by atoms with E-state index in [1.165, 1.54) is 11.0 Å². The Labute approximate surface area is 142 Å². The molecule has 3 heterocycles. The lowest BCUT2D eigenvalue weighted by Crippen LogP contribution is -2.36. The van der Waals surface area contributed by atoms with Crippen molar-refractivity contribution in [3.63, 3.8) is 0 Å². The Morgan fingerprint density at radius 2 is 2.00 bits per heavy atom. The second-order valence-corrected chi connectivity index (χ2v) is 7.04. The maximum Gasteiger partial charge on any atom is 0.433 e. The van der Waals surface area contributed by atoms with Crippen LogP contribution in [0.2, 0.25) is 0 Å². The van der Waals surface area contributed by atoms with Crippen LogP contribution in [0.15, 0.2) is 23.5 Å². The number of alkyl halides is 3. The van der Waals surface area contributed by atoms with E-state index in [-0.39, 0.29) is 12.0 Å². The number of carbonyl (C=O) groups is 1. The first-order chi connectivity index (χ1) is 11.5. The number of hydrogen-bond donors (Lipinski definition) is 0. The molecule has 0 aromatic carbocycles. The van der Waals surface area contributed by atoms with Gasteiger partial charge in [-0.15, -0.1) is 0 Å². The number of aromatic nitrogens is 1. The number of halogens is 3. The summed E-state index contributed by atoms with van der Waals surface area (Å²) in [5.74, 6) is -0.217. The highest BCUT2D eigenvalue weighted by Crippen LogP contribution is 2.32. The average Bonchev–Trinajstić information content (AvgIpc) is 3.04. The number of oxime groups is 1. The lowest BCUT2D eigenvalue weighted by Gasteiger charge is -2.24. The Kier molecular flexibility index (Phi) is 4.12. The predicted molar refractivity (Wildman–Crippen MR) is 81.9 cm³/mol. The first-order valence-corrected chi connectivity index (χ1v) is 7.80. The number of pyridine rings is 1. The van der Waals surface area contributed by atoms with Gasteiger partial charge in [-0.3, -0.25) is 4.98 Å². The van der Waals surface area contributed by atoms with Gasteiger partial charge in [0.15, 0.2) is 6.10 Å². The number of likely N-dealkylation sites (tertiary alicyclic amines) is 1. The molecule has 1 amide bonds. The van der Waals surface area contributed by atoms with Crippen LogP contribution in [-0.2, 0) is 15.8 Å². The summed E-state index contributed by atoms with van der Waals surface area (Å²) in [7, 11) is 0. The Bertz CT molecular complexity index is 695. The highest BCUT2D eigenvalue weighted by atomic mass is 19.4. The van der Waals surface area contributed by atoms with E-state index in [0.29, 0.717) is 24.4 Å². The van der Waals surface area contributed by atoms with E-state index >= 15 is 0 Å². The normalized spacial score (nSPS) is 23.1. The molecule has 1 fully saturated rings. The molecule has 0 N–H and O–H groups in total. The Morgan fingerprint density at radius 3 is 2.56 bits per heavy atom. The zero-order valence-electron chi connectivity index (χ0n) is 14.0. The number of carbonyl (C=O) groups excluding carboxylic acids is 1. The maximum atomic E-state index is 12.6. The zero-order valence-corrected chi connectivity index (χ0v) is 14.0. The third-order valence-electron chi connectivity index (χ3n) is 3.91. The number of fused-ring (bicyclic) bond motifs is 1. The molecule has 0 radical (unpaired) electrons. The van der Waals surface area contributed by atoms with Gasteiger partial charge >= 0.3 is 12.3 Å². The fourth-order valence-corrected chi connectivity index (χ4v) is 2.79. The summed E-state index contributed by atoms with van der Waals surface area (Å²) in [5, 5.41) is 3.97. The Hall–Kier alpha value is -2.32. The molecular formula is C16H18F3N3O3. The number of amides is 1. The van der Waals surface area contributed by atoms with Crippen molar-refractivity contribution < 1.29 is 27.5 Å². The molecule has 1 aromatic heterocycles. The van der Waals surface area contributed by atoms with Crippen molar-refractivity contribution in [2.75, 3.05) is 13.1 Å². The van der Waals surface area contributed by atoms with Gasteiger partial charge < -0.3 is 14.5 Å². The van der Waals surface area contributed by atoms with Gasteiger partial charge in [-0.1, -0.05) is 5.16 Å². The number of ether oxygens (including phenoxy) is 1. The van der Waals surface area contributed by atoms with E-state index in [4.69, 9.17) is 9.57 Å². The van der Waals surface area contributed by atoms with Crippen LogP contribution in [0.4, 0.5) is 18.0 Å². The highest BCUT2D eigenvalue weighted by molar-refractivity contribution is 6.03. The van der Waals surface area contributed by atoms with Gasteiger partial charge in [0, 0.05) is 18.3 Å². The summed E-state index contributed by atoms with van der Waals surface area (Å²) in [6.07, 6.45) is -4.14. The molecule has 0 saturated carbocycles. The van der Waals surface area contributed by atoms with Gasteiger partial charge in [0.1, 0.15) is 11.3 Å². The topological polar surface area (TPSA) is 64.0 Å². The minimum atomic E-state index is -4.49. The largest absolute Gasteiger partial charge is 0.444 e. The molecule has 0 spiro atoms. The summed E-state index contributed by atoms with van der Waals surface area (Å²) in [6.45, 7) is 5.98. The minimum Gasteiger partial charge on any atom is -0.444 e. The summed E-state index contributed by atoms with van der Waals surface area (Å²) in [5.41, 5.74) is -0.623. The SMILES string of the molecule is CC(C)(C)OC(=O)N1CC2ON=C(c3ccc(C(F)(F)F)nc3)C2C1. The highest BCUT2D eigenvalue weighted by Gasteiger charge is 2.45. The van der Waals surface area contributed by atoms with Crippen LogP contribution in [-0.4, -0.2) is 46.5 Å². The first kappa shape index (κ1) is 17.5. The van der Waals surface area contributed by atoms with Crippen LogP contribution < -0.4 is 0 Å². The van der Waals surface area contributed by atoms with Crippen molar-refractivity contribution in [2.24, 2.45) is 11.1 Å². The molecule has 6 nitrogen and oxygen atoms in total. The van der Waals surface area contributed by atoms with Crippen LogP contribution in [0, 0.1) is 5.92 Å². The van der Waals surface area contributed by atoms with E-state index in [2.05, 4.69) is 10.1 Å². The summed E-state index contributed by atoms with van der Waals surface area (Å²) in [6, 6.07) is 2.22. The molecule has 9 heteroatoms. The maximum absolute atomic E-state index is 12.6. The lowest BCUT2D eigenvalue weighted by atomic mass is 9.96. The summed E-state index contributed by atoms with van der Waals surface area (Å²) >= 11 is 0. The van der Waals surface area contributed by atoms with Gasteiger partial charge in [-0.25, -0.2) is 4.79 Å². The van der Waals surface area contributed by atoms with E-state index in [9.17, 15) is 18.0 Å². The molecule has 0 bridgehead atoms. The van der Waals surface area contributed by atoms with Gasteiger partial charge in [0.05, 0.1) is 18.2 Å². The van der Waals surface area contributed by atoms with Crippen LogP contribution in [0.25, 0.3) is 0 Å². The third kappa shape index (κ3) is 3.69. The fourth-order valence-electron chi connectivity index (χ4n) is 2.79. The number of nitrogens with zero attached hydrogens (tertiary/aromatic N) is 3. The quantitative estimate of drug-likeness (QED) is 0.775. The molecule has 1 saturated heterocycles. The van der Waals surface area contributed by atoms with Crippen molar-refractivity contribution in [1.82, 2.24) is 9.88 Å². The molecule has 2 aliphatic heterocycles. The van der Waals surface area contributed by atoms with Gasteiger partial charge in [-0.2, -0.15) is 13.2 Å². The van der Waals surface area contributed by atoms with Gasteiger partial charge in [0.25, 0.3) is 0 Å². The smallest absolute Gasteiger partial charge is 0.433 e. The van der Waals surface area contributed by atoms with E-state index in [0.717, 1.165) is 12.3 Å². The number of hydrogen-bond acceptors (Lipinski definition) is 5. The second-order valence-electron chi connectivity index (χ2n) is 7.04. The van der Waals surface area contributed by atoms with Crippen molar-refractivity contribution in [3.05, 3.63) is 29.6 Å². The van der Waals surface area contributed by atoms with Crippen molar-refractivity contribution >= 4 is 11.8 Å². The predicted octanol–water partition coefficient (Wildman–Crippen LogP) is 3.07. The molecule has 3 rings (SSSR count). The minimum absolute atomic E-state index is 0.217. The zero-order chi connectivity index (χ0) is 18.4. The van der Waals surface area contributed by atoms with Crippen LogP contribution in [0.3, 0.4) is 0 Å². The van der Waals surface area contributed by atoms with Gasteiger partial charge in [0.2, 0.25) is 0 Å². The number of rotatable bonds is 1. The summed E-state index contributed by atoms with van der Waals surface area (Å²) < 4.78 is 43.2. The second kappa shape index (κ2) is 5.89. The van der Waals surface area contributed by atoms with E-state index < -0.39 is 23.6 Å². The monoisotopic (exact) mass is 357 g/mol. The van der Waals surface area contributed by atoms with Crippen molar-refractivity contribution in [3.8, 4) is 0 Å².